The zero-order chi connectivity index (χ0) is 17.5. The Balaban J connectivity index is 1.93. The van der Waals surface area contributed by atoms with Crippen LogP contribution in [0.5, 0.6) is 5.75 Å². The molecule has 2 aromatic heterocycles. The van der Waals surface area contributed by atoms with E-state index in [4.69, 9.17) is 39.4 Å². The molecule has 0 saturated heterocycles. The first kappa shape index (κ1) is 17.8. The van der Waals surface area contributed by atoms with Gasteiger partial charge in [-0.25, -0.2) is 14.4 Å². The molecule has 4 N–H and O–H groups in total. The smallest absolute Gasteiger partial charge is 0.223 e. The first-order chi connectivity index (χ1) is 11.3. The van der Waals surface area contributed by atoms with E-state index in [1.165, 1.54) is 6.92 Å². The van der Waals surface area contributed by atoms with Gasteiger partial charge in [0.25, 0.3) is 0 Å². The van der Waals surface area contributed by atoms with Gasteiger partial charge in [-0.2, -0.15) is 0 Å². The molecule has 2 unspecified atom stereocenters. The van der Waals surface area contributed by atoms with Crippen LogP contribution in [0.2, 0.25) is 5.28 Å². The summed E-state index contributed by atoms with van der Waals surface area (Å²) in [4.78, 5) is 9.50. The lowest BCUT2D eigenvalue weighted by molar-refractivity contribution is 0.0670. The van der Waals surface area contributed by atoms with Gasteiger partial charge in [0.15, 0.2) is 11.5 Å². The standard InChI is InChI=1S/C15H17Cl2FN4OS/c1-7(18)9(19)6-15(20)13(16)11-12(23-15)10(21-14(17)22-11)5-8-3-2-4-24-8/h2-4,7,9,13H,5-6,19-20H2,1H3/t7-,9+,13?,15?/m0/s1. The second kappa shape index (κ2) is 6.72. The minimum atomic E-state index is -1.35. The van der Waals surface area contributed by atoms with E-state index >= 15 is 0 Å². The zero-order valence-electron chi connectivity index (χ0n) is 12.9. The van der Waals surface area contributed by atoms with E-state index < -0.39 is 23.3 Å². The summed E-state index contributed by atoms with van der Waals surface area (Å²) in [7, 11) is 0. The fraction of sp³-hybridized carbons (Fsp3) is 0.467. The van der Waals surface area contributed by atoms with Gasteiger partial charge in [-0.1, -0.05) is 6.07 Å². The van der Waals surface area contributed by atoms with Gasteiger partial charge in [0, 0.05) is 23.8 Å². The average Bonchev–Trinajstić information content (AvgIpc) is 3.09. The van der Waals surface area contributed by atoms with Crippen molar-refractivity contribution in [3.05, 3.63) is 39.1 Å². The van der Waals surface area contributed by atoms with Crippen LogP contribution in [0.4, 0.5) is 4.39 Å². The van der Waals surface area contributed by atoms with E-state index in [0.717, 1.165) is 4.88 Å². The summed E-state index contributed by atoms with van der Waals surface area (Å²) in [6, 6.07) is 3.13. The van der Waals surface area contributed by atoms with Gasteiger partial charge in [0.05, 0.1) is 5.69 Å². The van der Waals surface area contributed by atoms with Crippen molar-refractivity contribution in [2.75, 3.05) is 0 Å². The Morgan fingerprint density at radius 2 is 2.25 bits per heavy atom. The minimum Gasteiger partial charge on any atom is -0.467 e. The number of hydrogen-bond acceptors (Lipinski definition) is 6. The lowest BCUT2D eigenvalue weighted by Gasteiger charge is -2.30. The molecule has 1 aliphatic rings. The van der Waals surface area contributed by atoms with Gasteiger partial charge < -0.3 is 10.5 Å². The normalized spacial score (nSPS) is 25.2. The van der Waals surface area contributed by atoms with Crippen molar-refractivity contribution in [2.24, 2.45) is 11.5 Å². The number of alkyl halides is 2. The Labute approximate surface area is 153 Å². The van der Waals surface area contributed by atoms with Gasteiger partial charge in [0.2, 0.25) is 5.28 Å². The molecular weight excluding hydrogens is 374 g/mol. The second-order valence-electron chi connectivity index (χ2n) is 5.87. The number of nitrogens with two attached hydrogens (primary N) is 2. The summed E-state index contributed by atoms with van der Waals surface area (Å²) in [5, 5.41) is 1.25. The van der Waals surface area contributed by atoms with Gasteiger partial charge >= 0.3 is 0 Å². The molecule has 24 heavy (non-hydrogen) atoms. The van der Waals surface area contributed by atoms with E-state index in [0.29, 0.717) is 23.6 Å². The molecule has 5 nitrogen and oxygen atoms in total. The van der Waals surface area contributed by atoms with Crippen LogP contribution in [0, 0.1) is 0 Å². The molecule has 1 aliphatic heterocycles. The maximum Gasteiger partial charge on any atom is 0.223 e. The molecule has 0 spiro atoms. The molecule has 0 radical (unpaired) electrons. The maximum absolute atomic E-state index is 13.4. The number of nitrogens with zero attached hydrogens (tertiary/aromatic N) is 2. The quantitative estimate of drug-likeness (QED) is 0.604. The van der Waals surface area contributed by atoms with Crippen LogP contribution in [0.25, 0.3) is 0 Å². The molecule has 0 aliphatic carbocycles. The summed E-state index contributed by atoms with van der Waals surface area (Å²) in [6.07, 6.45) is -0.666. The molecule has 3 heterocycles. The van der Waals surface area contributed by atoms with E-state index in [1.807, 2.05) is 17.5 Å². The van der Waals surface area contributed by atoms with Gasteiger partial charge in [0.1, 0.15) is 17.2 Å². The van der Waals surface area contributed by atoms with Gasteiger partial charge in [-0.3, -0.25) is 5.73 Å². The number of rotatable bonds is 5. The number of hydrogen-bond donors (Lipinski definition) is 2. The van der Waals surface area contributed by atoms with Crippen LogP contribution in [0.15, 0.2) is 17.5 Å². The number of ether oxygens (including phenoxy) is 1. The van der Waals surface area contributed by atoms with Crippen molar-refractivity contribution in [1.82, 2.24) is 9.97 Å². The lowest BCUT2D eigenvalue weighted by Crippen LogP contribution is -2.52. The summed E-state index contributed by atoms with van der Waals surface area (Å²) in [5.41, 5.74) is 11.7. The zero-order valence-corrected chi connectivity index (χ0v) is 15.2. The predicted octanol–water partition coefficient (Wildman–Crippen LogP) is 3.19. The van der Waals surface area contributed by atoms with E-state index in [9.17, 15) is 4.39 Å². The first-order valence-electron chi connectivity index (χ1n) is 7.40. The van der Waals surface area contributed by atoms with E-state index in [2.05, 4.69) is 9.97 Å². The Morgan fingerprint density at radius 1 is 1.50 bits per heavy atom. The topological polar surface area (TPSA) is 87.0 Å². The van der Waals surface area contributed by atoms with Gasteiger partial charge in [-0.05, 0) is 30.0 Å². The van der Waals surface area contributed by atoms with Crippen LogP contribution in [-0.4, -0.2) is 27.9 Å². The third-order valence-corrected chi connectivity index (χ3v) is 5.58. The highest BCUT2D eigenvalue weighted by Gasteiger charge is 2.49. The SMILES string of the molecule is C[C@H](F)[C@H](N)CC1(N)Oc2c(Cc3cccs3)nc(Cl)nc2C1Cl. The van der Waals surface area contributed by atoms with Crippen molar-refractivity contribution >= 4 is 34.5 Å². The lowest BCUT2D eigenvalue weighted by atomic mass is 9.98. The summed E-state index contributed by atoms with van der Waals surface area (Å²) >= 11 is 14.1. The molecule has 0 aromatic carbocycles. The number of fused-ring (bicyclic) bond motifs is 1. The molecule has 9 heteroatoms. The monoisotopic (exact) mass is 390 g/mol. The van der Waals surface area contributed by atoms with Crippen molar-refractivity contribution in [3.8, 4) is 5.75 Å². The van der Waals surface area contributed by atoms with E-state index in [-0.39, 0.29) is 11.7 Å². The predicted molar refractivity (Wildman–Crippen MR) is 93.5 cm³/mol. The number of halogens is 3. The molecule has 0 saturated carbocycles. The molecule has 0 fully saturated rings. The van der Waals surface area contributed by atoms with Crippen LogP contribution >= 0.6 is 34.5 Å². The third kappa shape index (κ3) is 3.36. The Morgan fingerprint density at radius 3 is 2.88 bits per heavy atom. The first-order valence-corrected chi connectivity index (χ1v) is 9.10. The molecule has 130 valence electrons. The highest BCUT2D eigenvalue weighted by Crippen LogP contribution is 2.47. The highest BCUT2D eigenvalue weighted by molar-refractivity contribution is 7.09. The molecule has 2 aromatic rings. The van der Waals surface area contributed by atoms with E-state index in [1.54, 1.807) is 11.3 Å². The summed E-state index contributed by atoms with van der Waals surface area (Å²) in [6.45, 7) is 1.37. The van der Waals surface area contributed by atoms with Crippen LogP contribution < -0.4 is 16.2 Å². The maximum atomic E-state index is 13.4. The fourth-order valence-corrected chi connectivity index (χ4v) is 3.80. The van der Waals surface area contributed by atoms with Crippen LogP contribution in [-0.2, 0) is 6.42 Å². The average molecular weight is 391 g/mol. The van der Waals surface area contributed by atoms with Crippen molar-refractivity contribution < 1.29 is 9.13 Å². The van der Waals surface area contributed by atoms with Crippen molar-refractivity contribution in [1.29, 1.82) is 0 Å². The van der Waals surface area contributed by atoms with Gasteiger partial charge in [-0.15, -0.1) is 22.9 Å². The Hall–Kier alpha value is -0.990. The summed E-state index contributed by atoms with van der Waals surface area (Å²) in [5.74, 6) is 0.411. The number of aromatic nitrogens is 2. The van der Waals surface area contributed by atoms with Crippen LogP contribution in [0.3, 0.4) is 0 Å². The highest BCUT2D eigenvalue weighted by atomic mass is 35.5. The minimum absolute atomic E-state index is 0.0469. The fourth-order valence-electron chi connectivity index (χ4n) is 2.62. The Bertz CT molecular complexity index is 731. The molecule has 4 atom stereocenters. The Kier molecular flexibility index (Phi) is 4.99. The number of thiophene rings is 1. The summed E-state index contributed by atoms with van der Waals surface area (Å²) < 4.78 is 19.3. The molecular formula is C15H17Cl2FN4OS. The van der Waals surface area contributed by atoms with Crippen molar-refractivity contribution in [3.63, 3.8) is 0 Å². The second-order valence-corrected chi connectivity index (χ2v) is 7.68. The largest absolute Gasteiger partial charge is 0.467 e. The van der Waals surface area contributed by atoms with Crippen LogP contribution in [0.1, 0.15) is 35.0 Å². The molecule has 0 amide bonds. The molecule has 0 bridgehead atoms. The van der Waals surface area contributed by atoms with Crippen molar-refractivity contribution in [2.45, 2.75) is 43.1 Å². The third-order valence-electron chi connectivity index (χ3n) is 3.96. The molecule has 3 rings (SSSR count).